The molecule has 0 bridgehead atoms. The molecule has 9 nitrogen and oxygen atoms in total. The number of carbonyl (C=O) groups is 4. The molecule has 9 heteroatoms. The predicted octanol–water partition coefficient (Wildman–Crippen LogP) is 10.4. The number of phenolic OH excluding ortho intramolecular Hbond substituents is 1. The second-order valence-corrected chi connectivity index (χ2v) is 14.3. The number of phenols is 1. The van der Waals surface area contributed by atoms with Crippen molar-refractivity contribution in [2.24, 2.45) is 17.3 Å². The van der Waals surface area contributed by atoms with Gasteiger partial charge in [-0.3, -0.25) is 0 Å². The zero-order valence-corrected chi connectivity index (χ0v) is 33.3. The Bertz CT molecular complexity index is 1230. The summed E-state index contributed by atoms with van der Waals surface area (Å²) in [4.78, 5) is 42.5. The van der Waals surface area contributed by atoms with Gasteiger partial charge in [0.15, 0.2) is 0 Å². The predicted molar refractivity (Wildman–Crippen MR) is 215 cm³/mol. The minimum absolute atomic E-state index is 0. The van der Waals surface area contributed by atoms with Crippen LogP contribution in [0.2, 0.25) is 0 Å². The van der Waals surface area contributed by atoms with Crippen LogP contribution in [0.3, 0.4) is 0 Å². The lowest BCUT2D eigenvalue weighted by Crippen LogP contribution is -2.29. The fraction of sp³-hybridized carbons (Fsp3) is 0.535. The van der Waals surface area contributed by atoms with Crippen molar-refractivity contribution in [2.45, 2.75) is 114 Å². The van der Waals surface area contributed by atoms with E-state index in [1.165, 1.54) is 46.0 Å². The maximum absolute atomic E-state index is 11.4. The van der Waals surface area contributed by atoms with Gasteiger partial charge < -0.3 is 24.1 Å². The standard InChI is InChI=1S/C13H24O2.C11H18O2.C8H8O.2C5H8O2.CH4/c1-10(2)11(14)15-13(6,7)9-8-12(3,4)5;1-3-11(12)13-8-10-6-4-9(2)5-7-10;1-2-7-3-5-8(9)6-4-7;2*1-4(2)5(6)7-3;/h1,8-9H2,2-7H3;3,9-10H,1,4-8H2,2H3;2-6,9H,1H2;2*1H2,2-3H3;1H4. The summed E-state index contributed by atoms with van der Waals surface area (Å²) >= 11 is 0. The molecule has 0 amide bonds. The summed E-state index contributed by atoms with van der Waals surface area (Å²) in [7, 11) is 2.66. The summed E-state index contributed by atoms with van der Waals surface area (Å²) in [6, 6.07) is 6.89. The SMILES string of the molecule is C.C=C(C)C(=O)OC.C=C(C)C(=O)OC.C=C(C)C(=O)OC(C)(C)CCC(C)(C)C.C=CC(=O)OCC1CCC(C)CC1.C=Cc1ccc(O)cc1. The number of aromatic hydroxyl groups is 1. The number of methoxy groups -OCH3 is 2. The maximum atomic E-state index is 11.4. The molecule has 1 N–H and O–H groups in total. The van der Waals surface area contributed by atoms with Gasteiger partial charge in [-0.1, -0.05) is 99.1 Å². The third kappa shape index (κ3) is 32.8. The third-order valence-corrected chi connectivity index (χ3v) is 7.15. The van der Waals surface area contributed by atoms with Crippen LogP contribution in [0, 0.1) is 17.3 Å². The van der Waals surface area contributed by atoms with E-state index in [4.69, 9.17) is 14.6 Å². The molecule has 1 aromatic carbocycles. The molecule has 0 unspecified atom stereocenters. The van der Waals surface area contributed by atoms with Gasteiger partial charge in [-0.25, -0.2) is 19.2 Å². The van der Waals surface area contributed by atoms with Crippen molar-refractivity contribution >= 4 is 30.0 Å². The largest absolute Gasteiger partial charge is 0.508 e. The summed E-state index contributed by atoms with van der Waals surface area (Å²) in [6.07, 6.45) is 9.81. The Kier molecular flexibility index (Phi) is 30.5. The summed E-state index contributed by atoms with van der Waals surface area (Å²) in [5, 5.41) is 8.82. The first kappa shape index (κ1) is 54.4. The number of rotatable bonds is 10. The average molecular weight is 731 g/mol. The Balaban J connectivity index is -0.000000285. The molecule has 0 heterocycles. The zero-order valence-electron chi connectivity index (χ0n) is 33.3. The van der Waals surface area contributed by atoms with Gasteiger partial charge in [0.1, 0.15) is 11.4 Å². The molecule has 2 rings (SSSR count). The van der Waals surface area contributed by atoms with Crippen molar-refractivity contribution < 1.29 is 43.2 Å². The topological polar surface area (TPSA) is 125 Å². The van der Waals surface area contributed by atoms with Crippen molar-refractivity contribution in [2.75, 3.05) is 20.8 Å². The highest BCUT2D eigenvalue weighted by Crippen LogP contribution is 2.29. The van der Waals surface area contributed by atoms with Crippen LogP contribution < -0.4 is 0 Å². The lowest BCUT2D eigenvalue weighted by atomic mass is 9.83. The van der Waals surface area contributed by atoms with Crippen molar-refractivity contribution in [3.8, 4) is 5.75 Å². The Morgan fingerprint density at radius 3 is 1.50 bits per heavy atom. The normalized spacial score (nSPS) is 14.2. The first-order valence-corrected chi connectivity index (χ1v) is 17.0. The highest BCUT2D eigenvalue weighted by Gasteiger charge is 2.25. The molecule has 1 fully saturated rings. The average Bonchev–Trinajstić information content (AvgIpc) is 3.07. The molecule has 0 radical (unpaired) electrons. The van der Waals surface area contributed by atoms with Gasteiger partial charge in [0, 0.05) is 22.8 Å². The van der Waals surface area contributed by atoms with E-state index in [9.17, 15) is 19.2 Å². The molecule has 1 aliphatic rings. The van der Waals surface area contributed by atoms with E-state index >= 15 is 0 Å². The van der Waals surface area contributed by atoms with E-state index in [0.717, 1.165) is 24.3 Å². The van der Waals surface area contributed by atoms with Crippen LogP contribution in [0.15, 0.2) is 80.0 Å². The molecule has 0 aromatic heterocycles. The zero-order chi connectivity index (χ0) is 40.4. The second-order valence-electron chi connectivity index (χ2n) is 14.3. The number of benzene rings is 1. The lowest BCUT2D eigenvalue weighted by Gasteiger charge is -2.29. The highest BCUT2D eigenvalue weighted by molar-refractivity contribution is 5.87. The minimum atomic E-state index is -0.399. The Hall–Kier alpha value is -4.40. The molecule has 1 saturated carbocycles. The van der Waals surface area contributed by atoms with Crippen LogP contribution in [0.25, 0.3) is 6.08 Å². The fourth-order valence-corrected chi connectivity index (χ4v) is 3.78. The number of esters is 4. The van der Waals surface area contributed by atoms with E-state index in [1.807, 2.05) is 26.0 Å². The Labute approximate surface area is 315 Å². The molecule has 296 valence electrons. The first-order valence-electron chi connectivity index (χ1n) is 17.0. The van der Waals surface area contributed by atoms with E-state index in [-0.39, 0.29) is 36.7 Å². The molecule has 1 aliphatic carbocycles. The molecule has 0 atom stereocenters. The summed E-state index contributed by atoms with van der Waals surface area (Å²) in [6.45, 7) is 35.4. The summed E-state index contributed by atoms with van der Waals surface area (Å²) < 4.78 is 18.9. The Morgan fingerprint density at radius 1 is 0.769 bits per heavy atom. The van der Waals surface area contributed by atoms with Crippen molar-refractivity contribution in [3.05, 3.63) is 85.5 Å². The van der Waals surface area contributed by atoms with Gasteiger partial charge in [-0.05, 0) is 95.2 Å². The van der Waals surface area contributed by atoms with Crippen molar-refractivity contribution in [1.29, 1.82) is 0 Å². The summed E-state index contributed by atoms with van der Waals surface area (Å²) in [5.41, 5.74) is 2.22. The van der Waals surface area contributed by atoms with Gasteiger partial charge in [-0.15, -0.1) is 0 Å². The van der Waals surface area contributed by atoms with Gasteiger partial charge in [0.2, 0.25) is 0 Å². The molecule has 0 spiro atoms. The van der Waals surface area contributed by atoms with Crippen LogP contribution in [-0.4, -0.2) is 55.4 Å². The van der Waals surface area contributed by atoms with Crippen LogP contribution in [0.4, 0.5) is 0 Å². The van der Waals surface area contributed by atoms with Crippen molar-refractivity contribution in [1.82, 2.24) is 0 Å². The van der Waals surface area contributed by atoms with Gasteiger partial charge in [0.25, 0.3) is 0 Å². The molecular formula is C43H70O9. The van der Waals surface area contributed by atoms with Gasteiger partial charge in [0.05, 0.1) is 20.8 Å². The highest BCUT2D eigenvalue weighted by atomic mass is 16.6. The molecular weight excluding hydrogens is 660 g/mol. The molecule has 52 heavy (non-hydrogen) atoms. The van der Waals surface area contributed by atoms with E-state index in [2.05, 4.69) is 70.1 Å². The van der Waals surface area contributed by atoms with Gasteiger partial charge in [-0.2, -0.15) is 0 Å². The van der Waals surface area contributed by atoms with Crippen LogP contribution in [0.5, 0.6) is 5.75 Å². The summed E-state index contributed by atoms with van der Waals surface area (Å²) in [5.74, 6) is 0.444. The molecule has 0 aliphatic heterocycles. The molecule has 1 aromatic rings. The fourth-order valence-electron chi connectivity index (χ4n) is 3.78. The number of hydrogen-bond acceptors (Lipinski definition) is 9. The van der Waals surface area contributed by atoms with Crippen LogP contribution in [0.1, 0.15) is 114 Å². The van der Waals surface area contributed by atoms with Crippen LogP contribution >= 0.6 is 0 Å². The van der Waals surface area contributed by atoms with E-state index < -0.39 is 5.60 Å². The number of ether oxygens (including phenoxy) is 4. The Morgan fingerprint density at radius 2 is 1.19 bits per heavy atom. The lowest BCUT2D eigenvalue weighted by molar-refractivity contribution is -0.152. The monoisotopic (exact) mass is 731 g/mol. The second kappa shape index (κ2) is 29.2. The number of carbonyl (C=O) groups excluding carboxylic acids is 4. The van der Waals surface area contributed by atoms with Crippen LogP contribution in [-0.2, 0) is 38.1 Å². The van der Waals surface area contributed by atoms with E-state index in [1.54, 1.807) is 39.0 Å². The van der Waals surface area contributed by atoms with Gasteiger partial charge >= 0.3 is 23.9 Å². The maximum Gasteiger partial charge on any atom is 0.333 e. The third-order valence-electron chi connectivity index (χ3n) is 7.15. The number of hydrogen-bond donors (Lipinski definition) is 1. The van der Waals surface area contributed by atoms with Crippen molar-refractivity contribution in [3.63, 3.8) is 0 Å². The van der Waals surface area contributed by atoms with E-state index in [0.29, 0.717) is 35.0 Å². The molecule has 0 saturated heterocycles. The quantitative estimate of drug-likeness (QED) is 0.142. The smallest absolute Gasteiger partial charge is 0.333 e. The minimum Gasteiger partial charge on any atom is -0.508 e. The first-order chi connectivity index (χ1) is 23.4.